The zero-order valence-corrected chi connectivity index (χ0v) is 13.5. The van der Waals surface area contributed by atoms with E-state index in [0.29, 0.717) is 5.92 Å². The Morgan fingerprint density at radius 1 is 1.33 bits per heavy atom. The first kappa shape index (κ1) is 16.0. The third kappa shape index (κ3) is 4.56. The minimum Gasteiger partial charge on any atom is -0.347 e. The van der Waals surface area contributed by atoms with Gasteiger partial charge in [0.25, 0.3) is 0 Å². The molecule has 0 aromatic carbocycles. The van der Waals surface area contributed by atoms with Gasteiger partial charge in [0.15, 0.2) is 0 Å². The molecule has 0 saturated heterocycles. The van der Waals surface area contributed by atoms with Crippen LogP contribution in [-0.4, -0.2) is 18.4 Å². The highest BCUT2D eigenvalue weighted by Crippen LogP contribution is 2.30. The van der Waals surface area contributed by atoms with Gasteiger partial charge < -0.3 is 10.6 Å². The molecule has 116 valence electrons. The van der Waals surface area contributed by atoms with E-state index in [2.05, 4.69) is 30.5 Å². The predicted molar refractivity (Wildman–Crippen MR) is 85.0 cm³/mol. The van der Waals surface area contributed by atoms with E-state index < -0.39 is 0 Å². The standard InChI is InChI=1S/C16H24N2O2S/c1-3-11(4-2)15(13-6-5-9-21-13)18-14(19)10-17-16(20)12-7-8-12/h5-6,9,11-12,15H,3-4,7-8,10H2,1-2H3,(H,17,20)(H,18,19)/t15-/m0/s1. The molecule has 21 heavy (non-hydrogen) atoms. The number of hydrogen-bond donors (Lipinski definition) is 2. The van der Waals surface area contributed by atoms with Crippen molar-refractivity contribution in [2.45, 2.75) is 45.6 Å². The average Bonchev–Trinajstić information content (AvgIpc) is 3.20. The Morgan fingerprint density at radius 2 is 2.05 bits per heavy atom. The Kier molecular flexibility index (Phi) is 5.79. The van der Waals surface area contributed by atoms with Crippen LogP contribution in [0.1, 0.15) is 50.4 Å². The summed E-state index contributed by atoms with van der Waals surface area (Å²) >= 11 is 1.67. The molecule has 1 aliphatic rings. The molecule has 0 spiro atoms. The van der Waals surface area contributed by atoms with Crippen LogP contribution in [0.3, 0.4) is 0 Å². The molecule has 1 heterocycles. The number of carbonyl (C=O) groups excluding carboxylic acids is 2. The summed E-state index contributed by atoms with van der Waals surface area (Å²) in [5, 5.41) is 7.85. The van der Waals surface area contributed by atoms with E-state index in [-0.39, 0.29) is 30.3 Å². The van der Waals surface area contributed by atoms with Gasteiger partial charge in [0, 0.05) is 10.8 Å². The minimum atomic E-state index is -0.102. The van der Waals surface area contributed by atoms with Crippen molar-refractivity contribution in [1.82, 2.24) is 10.6 Å². The molecular formula is C16H24N2O2S. The van der Waals surface area contributed by atoms with Crippen LogP contribution in [-0.2, 0) is 9.59 Å². The summed E-state index contributed by atoms with van der Waals surface area (Å²) in [5.74, 6) is 0.478. The molecule has 1 saturated carbocycles. The fourth-order valence-corrected chi connectivity index (χ4v) is 3.40. The van der Waals surface area contributed by atoms with Crippen molar-refractivity contribution in [3.05, 3.63) is 22.4 Å². The highest BCUT2D eigenvalue weighted by molar-refractivity contribution is 7.10. The number of hydrogen-bond acceptors (Lipinski definition) is 3. The highest BCUT2D eigenvalue weighted by atomic mass is 32.1. The lowest BCUT2D eigenvalue weighted by Gasteiger charge is -2.25. The number of amides is 2. The van der Waals surface area contributed by atoms with Crippen molar-refractivity contribution in [3.8, 4) is 0 Å². The van der Waals surface area contributed by atoms with E-state index in [0.717, 1.165) is 25.7 Å². The van der Waals surface area contributed by atoms with Crippen molar-refractivity contribution >= 4 is 23.2 Å². The Morgan fingerprint density at radius 3 is 2.57 bits per heavy atom. The fourth-order valence-electron chi connectivity index (χ4n) is 2.53. The molecule has 1 aliphatic carbocycles. The van der Waals surface area contributed by atoms with Gasteiger partial charge in [0.05, 0.1) is 12.6 Å². The molecule has 2 amide bonds. The predicted octanol–water partition coefficient (Wildman–Crippen LogP) is 2.87. The topological polar surface area (TPSA) is 58.2 Å². The van der Waals surface area contributed by atoms with E-state index >= 15 is 0 Å². The summed E-state index contributed by atoms with van der Waals surface area (Å²) in [6.07, 6.45) is 3.96. The van der Waals surface area contributed by atoms with Crippen LogP contribution >= 0.6 is 11.3 Å². The molecule has 5 heteroatoms. The van der Waals surface area contributed by atoms with Crippen molar-refractivity contribution in [2.75, 3.05) is 6.54 Å². The maximum atomic E-state index is 12.1. The zero-order chi connectivity index (χ0) is 15.2. The number of nitrogens with one attached hydrogen (secondary N) is 2. The van der Waals surface area contributed by atoms with Crippen LogP contribution in [0.4, 0.5) is 0 Å². The smallest absolute Gasteiger partial charge is 0.239 e. The first-order chi connectivity index (χ1) is 10.2. The molecule has 2 N–H and O–H groups in total. The molecule has 0 aliphatic heterocycles. The summed E-state index contributed by atoms with van der Waals surface area (Å²) in [6.45, 7) is 4.38. The molecule has 1 aromatic rings. The molecule has 0 unspecified atom stereocenters. The van der Waals surface area contributed by atoms with E-state index in [4.69, 9.17) is 0 Å². The molecule has 1 atom stereocenters. The lowest BCUT2D eigenvalue weighted by molar-refractivity contribution is -0.127. The lowest BCUT2D eigenvalue weighted by Crippen LogP contribution is -2.40. The largest absolute Gasteiger partial charge is 0.347 e. The van der Waals surface area contributed by atoms with Gasteiger partial charge in [-0.3, -0.25) is 9.59 Å². The van der Waals surface area contributed by atoms with Crippen LogP contribution in [0.25, 0.3) is 0 Å². The SMILES string of the molecule is CCC(CC)[C@H](NC(=O)CNC(=O)C1CC1)c1cccs1. The van der Waals surface area contributed by atoms with E-state index in [9.17, 15) is 9.59 Å². The van der Waals surface area contributed by atoms with Gasteiger partial charge >= 0.3 is 0 Å². The van der Waals surface area contributed by atoms with E-state index in [1.807, 2.05) is 11.4 Å². The van der Waals surface area contributed by atoms with Crippen LogP contribution in [0, 0.1) is 11.8 Å². The first-order valence-electron chi connectivity index (χ1n) is 7.76. The van der Waals surface area contributed by atoms with Crippen molar-refractivity contribution in [2.24, 2.45) is 11.8 Å². The second-order valence-corrected chi connectivity index (χ2v) is 6.61. The van der Waals surface area contributed by atoms with Crippen LogP contribution < -0.4 is 10.6 Å². The fraction of sp³-hybridized carbons (Fsp3) is 0.625. The Labute approximate surface area is 130 Å². The van der Waals surface area contributed by atoms with Crippen LogP contribution in [0.5, 0.6) is 0 Å². The maximum absolute atomic E-state index is 12.1. The third-order valence-electron chi connectivity index (χ3n) is 4.06. The van der Waals surface area contributed by atoms with Gasteiger partial charge in [0.1, 0.15) is 0 Å². The molecule has 1 aromatic heterocycles. The maximum Gasteiger partial charge on any atom is 0.239 e. The van der Waals surface area contributed by atoms with E-state index in [1.165, 1.54) is 4.88 Å². The highest BCUT2D eigenvalue weighted by Gasteiger charge is 2.30. The van der Waals surface area contributed by atoms with Crippen molar-refractivity contribution < 1.29 is 9.59 Å². The summed E-state index contributed by atoms with van der Waals surface area (Å²) in [6, 6.07) is 4.12. The Balaban J connectivity index is 1.91. The second-order valence-electron chi connectivity index (χ2n) is 5.63. The van der Waals surface area contributed by atoms with Gasteiger partial charge in [-0.1, -0.05) is 32.8 Å². The summed E-state index contributed by atoms with van der Waals surface area (Å²) in [7, 11) is 0. The lowest BCUT2D eigenvalue weighted by atomic mass is 9.93. The minimum absolute atomic E-state index is 0.0142. The monoisotopic (exact) mass is 308 g/mol. The molecule has 2 rings (SSSR count). The molecular weight excluding hydrogens is 284 g/mol. The van der Waals surface area contributed by atoms with Crippen LogP contribution in [0.2, 0.25) is 0 Å². The van der Waals surface area contributed by atoms with Crippen LogP contribution in [0.15, 0.2) is 17.5 Å². The number of rotatable bonds is 8. The normalized spacial score (nSPS) is 15.8. The van der Waals surface area contributed by atoms with E-state index in [1.54, 1.807) is 11.3 Å². The first-order valence-corrected chi connectivity index (χ1v) is 8.64. The molecule has 1 fully saturated rings. The number of carbonyl (C=O) groups is 2. The Bertz CT molecular complexity index is 465. The summed E-state index contributed by atoms with van der Waals surface area (Å²) < 4.78 is 0. The van der Waals surface area contributed by atoms with Gasteiger partial charge in [-0.05, 0) is 30.2 Å². The second kappa shape index (κ2) is 7.59. The Hall–Kier alpha value is -1.36. The number of thiophene rings is 1. The van der Waals surface area contributed by atoms with Crippen molar-refractivity contribution in [1.29, 1.82) is 0 Å². The third-order valence-corrected chi connectivity index (χ3v) is 5.01. The molecule has 0 radical (unpaired) electrons. The van der Waals surface area contributed by atoms with Gasteiger partial charge in [0.2, 0.25) is 11.8 Å². The summed E-state index contributed by atoms with van der Waals surface area (Å²) in [5.41, 5.74) is 0. The van der Waals surface area contributed by atoms with Gasteiger partial charge in [-0.2, -0.15) is 0 Å². The molecule has 4 nitrogen and oxygen atoms in total. The van der Waals surface area contributed by atoms with Crippen molar-refractivity contribution in [3.63, 3.8) is 0 Å². The summed E-state index contributed by atoms with van der Waals surface area (Å²) in [4.78, 5) is 24.9. The van der Waals surface area contributed by atoms with Gasteiger partial charge in [-0.25, -0.2) is 0 Å². The quantitative estimate of drug-likeness (QED) is 0.776. The zero-order valence-electron chi connectivity index (χ0n) is 12.7. The van der Waals surface area contributed by atoms with Gasteiger partial charge in [-0.15, -0.1) is 11.3 Å². The average molecular weight is 308 g/mol. The molecule has 0 bridgehead atoms.